The van der Waals surface area contributed by atoms with Gasteiger partial charge in [-0.25, -0.2) is 0 Å². The van der Waals surface area contributed by atoms with Crippen LogP contribution in [0.25, 0.3) is 0 Å². The van der Waals surface area contributed by atoms with Crippen LogP contribution in [0.5, 0.6) is 11.5 Å². The van der Waals surface area contributed by atoms with Crippen molar-refractivity contribution in [1.82, 2.24) is 4.90 Å². The number of alkyl halides is 3. The fourth-order valence-electron chi connectivity index (χ4n) is 2.04. The molecule has 0 aliphatic rings. The fourth-order valence-corrected chi connectivity index (χ4v) is 2.04. The number of ether oxygens (including phenoxy) is 2. The first-order valence-corrected chi connectivity index (χ1v) is 7.61. The van der Waals surface area contributed by atoms with Crippen LogP contribution in [0.3, 0.4) is 0 Å². The Morgan fingerprint density at radius 3 is 2.28 bits per heavy atom. The third-order valence-corrected chi connectivity index (χ3v) is 3.22. The van der Waals surface area contributed by atoms with Gasteiger partial charge in [0.05, 0.1) is 6.42 Å². The number of nitrogens with zero attached hydrogens (tertiary/aromatic N) is 1. The highest BCUT2D eigenvalue weighted by Crippen LogP contribution is 2.30. The molecule has 1 aromatic rings. The van der Waals surface area contributed by atoms with Gasteiger partial charge in [-0.3, -0.25) is 9.59 Å². The number of hydrogen-bond donors (Lipinski definition) is 1. The van der Waals surface area contributed by atoms with E-state index in [0.29, 0.717) is 13.1 Å². The van der Waals surface area contributed by atoms with Crippen molar-refractivity contribution >= 4 is 11.9 Å². The van der Waals surface area contributed by atoms with Gasteiger partial charge < -0.3 is 19.5 Å². The Bertz CT molecular complexity index is 600. The highest BCUT2D eigenvalue weighted by atomic mass is 19.4. The molecule has 1 amide bonds. The molecule has 0 atom stereocenters. The van der Waals surface area contributed by atoms with Gasteiger partial charge in [-0.2, -0.15) is 13.2 Å². The lowest BCUT2D eigenvalue weighted by Gasteiger charge is -2.20. The molecule has 25 heavy (non-hydrogen) atoms. The van der Waals surface area contributed by atoms with E-state index in [9.17, 15) is 22.8 Å². The molecule has 140 valence electrons. The summed E-state index contributed by atoms with van der Waals surface area (Å²) < 4.78 is 47.1. The topological polar surface area (TPSA) is 76.1 Å². The summed E-state index contributed by atoms with van der Waals surface area (Å²) in [5.74, 6) is -1.77. The molecule has 1 N–H and O–H groups in total. The quantitative estimate of drug-likeness (QED) is 0.730. The van der Waals surface area contributed by atoms with Gasteiger partial charge in [0.25, 0.3) is 5.91 Å². The Labute approximate surface area is 143 Å². The van der Waals surface area contributed by atoms with Crippen LogP contribution in [-0.4, -0.2) is 54.4 Å². The summed E-state index contributed by atoms with van der Waals surface area (Å²) in [7, 11) is 0. The Morgan fingerprint density at radius 1 is 1.12 bits per heavy atom. The molecule has 0 aliphatic carbocycles. The van der Waals surface area contributed by atoms with Crippen molar-refractivity contribution in [2.24, 2.45) is 0 Å². The summed E-state index contributed by atoms with van der Waals surface area (Å²) in [6.07, 6.45) is -4.93. The Morgan fingerprint density at radius 2 is 1.76 bits per heavy atom. The van der Waals surface area contributed by atoms with Crippen molar-refractivity contribution in [3.63, 3.8) is 0 Å². The van der Waals surface area contributed by atoms with E-state index in [1.165, 1.54) is 17.0 Å². The minimum atomic E-state index is -4.56. The van der Waals surface area contributed by atoms with Crippen LogP contribution in [0.1, 0.15) is 19.4 Å². The van der Waals surface area contributed by atoms with Gasteiger partial charge >= 0.3 is 12.1 Å². The molecule has 0 bridgehead atoms. The molecule has 0 saturated heterocycles. The van der Waals surface area contributed by atoms with Crippen LogP contribution in [0.15, 0.2) is 18.2 Å². The van der Waals surface area contributed by atoms with E-state index in [1.807, 2.05) is 0 Å². The zero-order valence-corrected chi connectivity index (χ0v) is 13.9. The number of carboxylic acid groups (broad SMARTS) is 1. The van der Waals surface area contributed by atoms with E-state index in [1.54, 1.807) is 13.8 Å². The molecule has 0 aromatic heterocycles. The maximum atomic E-state index is 12.4. The SMILES string of the molecule is CCN(CC)C(=O)COc1ccc(CC(=O)O)cc1OCC(F)(F)F. The average Bonchev–Trinajstić information content (AvgIpc) is 2.51. The molecule has 0 fully saturated rings. The number of halogens is 3. The Kier molecular flexibility index (Phi) is 7.53. The van der Waals surface area contributed by atoms with Gasteiger partial charge in [0.2, 0.25) is 0 Å². The van der Waals surface area contributed by atoms with Crippen molar-refractivity contribution in [3.8, 4) is 11.5 Å². The van der Waals surface area contributed by atoms with E-state index in [0.717, 1.165) is 6.07 Å². The summed E-state index contributed by atoms with van der Waals surface area (Å²) >= 11 is 0. The number of benzene rings is 1. The van der Waals surface area contributed by atoms with Crippen molar-refractivity contribution in [1.29, 1.82) is 0 Å². The molecule has 0 unspecified atom stereocenters. The fraction of sp³-hybridized carbons (Fsp3) is 0.500. The first kappa shape index (κ1) is 20.6. The average molecular weight is 363 g/mol. The summed E-state index contributed by atoms with van der Waals surface area (Å²) in [5, 5.41) is 8.78. The molecule has 0 radical (unpaired) electrons. The Balaban J connectivity index is 2.91. The molecular weight excluding hydrogens is 343 g/mol. The van der Waals surface area contributed by atoms with Crippen molar-refractivity contribution < 1.29 is 37.3 Å². The van der Waals surface area contributed by atoms with E-state index in [-0.39, 0.29) is 36.0 Å². The molecular formula is C16H20F3NO5. The second-order valence-corrected chi connectivity index (χ2v) is 5.11. The second kappa shape index (κ2) is 9.14. The normalized spacial score (nSPS) is 11.1. The Hall–Kier alpha value is -2.45. The van der Waals surface area contributed by atoms with Gasteiger partial charge in [0.15, 0.2) is 24.7 Å². The standard InChI is InChI=1S/C16H20F3NO5/c1-3-20(4-2)14(21)9-24-12-6-5-11(8-15(22)23)7-13(12)25-10-16(17,18)19/h5-7H,3-4,8-10H2,1-2H3,(H,22,23). The molecule has 1 aromatic carbocycles. The van der Waals surface area contributed by atoms with E-state index >= 15 is 0 Å². The van der Waals surface area contributed by atoms with Crippen LogP contribution in [0.2, 0.25) is 0 Å². The maximum absolute atomic E-state index is 12.4. The molecule has 0 aliphatic heterocycles. The highest BCUT2D eigenvalue weighted by molar-refractivity contribution is 5.77. The number of carboxylic acids is 1. The molecule has 9 heteroatoms. The smallest absolute Gasteiger partial charge is 0.422 e. The minimum Gasteiger partial charge on any atom is -0.481 e. The highest BCUT2D eigenvalue weighted by Gasteiger charge is 2.29. The van der Waals surface area contributed by atoms with Crippen LogP contribution in [0.4, 0.5) is 13.2 Å². The number of carbonyl (C=O) groups is 2. The number of aliphatic carboxylic acids is 1. The van der Waals surface area contributed by atoms with Crippen LogP contribution < -0.4 is 9.47 Å². The molecule has 0 saturated carbocycles. The summed E-state index contributed by atoms with van der Waals surface area (Å²) in [6.45, 7) is 2.63. The van der Waals surface area contributed by atoms with Crippen LogP contribution in [0, 0.1) is 0 Å². The third kappa shape index (κ3) is 7.32. The van der Waals surface area contributed by atoms with Crippen LogP contribution >= 0.6 is 0 Å². The zero-order chi connectivity index (χ0) is 19.0. The predicted octanol–water partition coefficient (Wildman–Crippen LogP) is 2.50. The summed E-state index contributed by atoms with van der Waals surface area (Å²) in [5.41, 5.74) is 0.257. The summed E-state index contributed by atoms with van der Waals surface area (Å²) in [6, 6.07) is 3.85. The predicted molar refractivity (Wildman–Crippen MR) is 82.8 cm³/mol. The molecule has 6 nitrogen and oxygen atoms in total. The largest absolute Gasteiger partial charge is 0.481 e. The van der Waals surface area contributed by atoms with Crippen molar-refractivity contribution in [3.05, 3.63) is 23.8 Å². The van der Waals surface area contributed by atoms with Gasteiger partial charge in [0, 0.05) is 13.1 Å². The minimum absolute atomic E-state index is 0.0566. The molecule has 0 heterocycles. The number of amides is 1. The van der Waals surface area contributed by atoms with Gasteiger partial charge in [-0.1, -0.05) is 6.07 Å². The third-order valence-electron chi connectivity index (χ3n) is 3.22. The summed E-state index contributed by atoms with van der Waals surface area (Å²) in [4.78, 5) is 24.2. The van der Waals surface area contributed by atoms with E-state index in [4.69, 9.17) is 14.6 Å². The van der Waals surface area contributed by atoms with Gasteiger partial charge in [-0.15, -0.1) is 0 Å². The number of carbonyl (C=O) groups excluding carboxylic acids is 1. The maximum Gasteiger partial charge on any atom is 0.422 e. The number of rotatable bonds is 9. The van der Waals surface area contributed by atoms with Gasteiger partial charge in [0.1, 0.15) is 0 Å². The second-order valence-electron chi connectivity index (χ2n) is 5.11. The lowest BCUT2D eigenvalue weighted by atomic mass is 10.1. The van der Waals surface area contributed by atoms with Crippen LogP contribution in [-0.2, 0) is 16.0 Å². The van der Waals surface area contributed by atoms with Gasteiger partial charge in [-0.05, 0) is 31.5 Å². The molecule has 0 spiro atoms. The molecule has 1 rings (SSSR count). The lowest BCUT2D eigenvalue weighted by molar-refractivity contribution is -0.153. The first-order chi connectivity index (χ1) is 11.7. The first-order valence-electron chi connectivity index (χ1n) is 7.61. The van der Waals surface area contributed by atoms with E-state index in [2.05, 4.69) is 0 Å². The zero-order valence-electron chi connectivity index (χ0n) is 13.9. The monoisotopic (exact) mass is 363 g/mol. The van der Waals surface area contributed by atoms with E-state index < -0.39 is 18.8 Å². The van der Waals surface area contributed by atoms with Crippen molar-refractivity contribution in [2.75, 3.05) is 26.3 Å². The van der Waals surface area contributed by atoms with Crippen molar-refractivity contribution in [2.45, 2.75) is 26.4 Å². The number of hydrogen-bond acceptors (Lipinski definition) is 4. The lowest BCUT2D eigenvalue weighted by Crippen LogP contribution is -2.34. The number of likely N-dealkylation sites (N-methyl/N-ethyl adjacent to an activating group) is 1.